The van der Waals surface area contributed by atoms with Gasteiger partial charge in [-0.05, 0) is 56.8 Å². The van der Waals surface area contributed by atoms with E-state index in [-0.39, 0.29) is 31.6 Å². The summed E-state index contributed by atoms with van der Waals surface area (Å²) in [5, 5.41) is 49.1. The highest BCUT2D eigenvalue weighted by Gasteiger charge is 2.35. The van der Waals surface area contributed by atoms with Crippen molar-refractivity contribution in [2.45, 2.75) is 75.4 Å². The molecular weight excluding hydrogens is 486 g/mol. The van der Waals surface area contributed by atoms with Crippen LogP contribution in [0, 0.1) is 0 Å². The van der Waals surface area contributed by atoms with E-state index in [0.29, 0.717) is 24.9 Å². The van der Waals surface area contributed by atoms with Gasteiger partial charge in [0.2, 0.25) is 17.7 Å². The van der Waals surface area contributed by atoms with Crippen molar-refractivity contribution in [2.24, 2.45) is 5.73 Å². The van der Waals surface area contributed by atoms with Crippen molar-refractivity contribution in [3.05, 3.63) is 29.8 Å². The molecule has 0 radical (unpaired) electrons. The lowest BCUT2D eigenvalue weighted by atomic mass is 10.0. The molecule has 10 N–H and O–H groups in total. The van der Waals surface area contributed by atoms with Gasteiger partial charge < -0.3 is 47.4 Å². The number of carbonyl (C=O) groups excluding carboxylic acids is 3. The molecule has 0 saturated carbocycles. The summed E-state index contributed by atoms with van der Waals surface area (Å²) in [5.74, 6) is -3.45. The third kappa shape index (κ3) is 9.61. The third-order valence-electron chi connectivity index (χ3n) is 6.06. The molecule has 0 aliphatic carbocycles. The fraction of sp³-hybridized carbons (Fsp3) is 0.583. The molecule has 1 saturated heterocycles. The minimum atomic E-state index is -1.41. The number of hydrogen-bond donors (Lipinski definition) is 9. The van der Waals surface area contributed by atoms with E-state index in [1.54, 1.807) is 12.1 Å². The number of rotatable bonds is 14. The number of aliphatic carboxylic acids is 1. The van der Waals surface area contributed by atoms with Crippen LogP contribution >= 0.6 is 0 Å². The van der Waals surface area contributed by atoms with Crippen LogP contribution in [0.15, 0.2) is 24.3 Å². The molecule has 206 valence electrons. The van der Waals surface area contributed by atoms with Gasteiger partial charge in [-0.25, -0.2) is 4.79 Å². The van der Waals surface area contributed by atoms with Gasteiger partial charge in [-0.15, -0.1) is 0 Å². The zero-order valence-electron chi connectivity index (χ0n) is 20.7. The fourth-order valence-electron chi connectivity index (χ4n) is 3.94. The SMILES string of the molecule is C[C@@H](O)[C@H](NC(=O)[C@@H]1C[C@@H](O)CN1)C(=O)N[C@@H](Cc1ccc(O)cc1)C(=O)N[C@@H](CCCCN)C(=O)O. The molecule has 1 aliphatic rings. The summed E-state index contributed by atoms with van der Waals surface area (Å²) in [6, 6.07) is 1.28. The highest BCUT2D eigenvalue weighted by Crippen LogP contribution is 2.13. The molecule has 2 rings (SSSR count). The number of β-amino-alcohol motifs (C(OH)–C–C–N with tert-alkyl or cyclic N) is 1. The first kappa shape index (κ1) is 30.0. The largest absolute Gasteiger partial charge is 0.508 e. The van der Waals surface area contributed by atoms with E-state index in [9.17, 15) is 39.6 Å². The maximum atomic E-state index is 13.1. The van der Waals surface area contributed by atoms with E-state index in [1.807, 2.05) is 0 Å². The van der Waals surface area contributed by atoms with Crippen LogP contribution in [-0.4, -0.2) is 93.6 Å². The highest BCUT2D eigenvalue weighted by atomic mass is 16.4. The Morgan fingerprint density at radius 2 is 1.70 bits per heavy atom. The van der Waals surface area contributed by atoms with Crippen LogP contribution in [0.2, 0.25) is 0 Å². The average molecular weight is 524 g/mol. The number of hydrogen-bond acceptors (Lipinski definition) is 9. The molecule has 0 aromatic heterocycles. The second kappa shape index (κ2) is 14.5. The first-order valence-corrected chi connectivity index (χ1v) is 12.2. The van der Waals surface area contributed by atoms with Crippen molar-refractivity contribution in [2.75, 3.05) is 13.1 Å². The number of aromatic hydroxyl groups is 1. The lowest BCUT2D eigenvalue weighted by molar-refractivity contribution is -0.142. The zero-order valence-corrected chi connectivity index (χ0v) is 20.7. The Kier molecular flexibility index (Phi) is 11.7. The Morgan fingerprint density at radius 3 is 2.24 bits per heavy atom. The van der Waals surface area contributed by atoms with Gasteiger partial charge >= 0.3 is 5.97 Å². The van der Waals surface area contributed by atoms with Crippen LogP contribution < -0.4 is 27.0 Å². The average Bonchev–Trinajstić information content (AvgIpc) is 3.28. The molecule has 1 aliphatic heterocycles. The number of phenols is 1. The number of carbonyl (C=O) groups is 4. The summed E-state index contributed by atoms with van der Waals surface area (Å²) < 4.78 is 0. The van der Waals surface area contributed by atoms with Gasteiger partial charge in [-0.3, -0.25) is 14.4 Å². The Bertz CT molecular complexity index is 926. The predicted octanol–water partition coefficient (Wildman–Crippen LogP) is -2.29. The smallest absolute Gasteiger partial charge is 0.326 e. The predicted molar refractivity (Wildman–Crippen MR) is 132 cm³/mol. The van der Waals surface area contributed by atoms with E-state index >= 15 is 0 Å². The molecule has 1 aromatic rings. The monoisotopic (exact) mass is 523 g/mol. The van der Waals surface area contributed by atoms with Gasteiger partial charge in [0.05, 0.1) is 18.2 Å². The number of nitrogens with two attached hydrogens (primary N) is 1. The summed E-state index contributed by atoms with van der Waals surface area (Å²) in [5.41, 5.74) is 6.02. The molecule has 0 unspecified atom stereocenters. The Hall–Kier alpha value is -3.26. The van der Waals surface area contributed by atoms with Gasteiger partial charge in [-0.2, -0.15) is 0 Å². The number of phenolic OH excluding ortho intramolecular Hbond substituents is 1. The first-order chi connectivity index (χ1) is 17.5. The second-order valence-corrected chi connectivity index (χ2v) is 9.19. The van der Waals surface area contributed by atoms with Gasteiger partial charge in [0.25, 0.3) is 0 Å². The molecule has 37 heavy (non-hydrogen) atoms. The quantitative estimate of drug-likeness (QED) is 0.119. The zero-order chi connectivity index (χ0) is 27.5. The molecule has 13 nitrogen and oxygen atoms in total. The highest BCUT2D eigenvalue weighted by molar-refractivity contribution is 5.94. The van der Waals surface area contributed by atoms with Crippen LogP contribution in [-0.2, 0) is 25.6 Å². The minimum absolute atomic E-state index is 0.00199. The van der Waals surface area contributed by atoms with E-state index in [2.05, 4.69) is 21.3 Å². The normalized spacial score (nSPS) is 20.3. The van der Waals surface area contributed by atoms with Gasteiger partial charge in [0.1, 0.15) is 23.9 Å². The number of carboxylic acids is 1. The molecule has 13 heteroatoms. The van der Waals surface area contributed by atoms with Crippen LogP contribution in [0.1, 0.15) is 38.2 Å². The Morgan fingerprint density at radius 1 is 1.05 bits per heavy atom. The van der Waals surface area contributed by atoms with Crippen LogP contribution in [0.5, 0.6) is 5.75 Å². The summed E-state index contributed by atoms with van der Waals surface area (Å²) in [6.07, 6.45) is -0.740. The lowest BCUT2D eigenvalue weighted by Crippen LogP contribution is -2.60. The van der Waals surface area contributed by atoms with Crippen molar-refractivity contribution >= 4 is 23.7 Å². The summed E-state index contributed by atoms with van der Waals surface area (Å²) in [7, 11) is 0. The number of unbranched alkanes of at least 4 members (excludes halogenated alkanes) is 1. The van der Waals surface area contributed by atoms with Crippen molar-refractivity contribution in [1.82, 2.24) is 21.3 Å². The standard InChI is InChI=1S/C24H37N5O8/c1-13(30)20(29-21(33)18-11-16(32)12-26-18)23(35)28-19(10-14-5-7-15(31)8-6-14)22(34)27-17(24(36)37)4-2-3-9-25/h5-8,13,16-20,26,30-32H,2-4,9-12,25H2,1H3,(H,27,34)(H,28,35)(H,29,33)(H,36,37)/t13-,16-,17+,18+,19+,20+/m1/s1. The van der Waals surface area contributed by atoms with Crippen molar-refractivity contribution < 1.29 is 39.6 Å². The van der Waals surface area contributed by atoms with Gasteiger partial charge in [-0.1, -0.05) is 12.1 Å². The minimum Gasteiger partial charge on any atom is -0.508 e. The number of carboxylic acid groups (broad SMARTS) is 1. The van der Waals surface area contributed by atoms with Gasteiger partial charge in [0.15, 0.2) is 0 Å². The van der Waals surface area contributed by atoms with E-state index < -0.39 is 60.1 Å². The maximum Gasteiger partial charge on any atom is 0.326 e. The Labute approximate surface area is 214 Å². The molecule has 0 spiro atoms. The molecule has 1 fully saturated rings. The molecule has 0 bridgehead atoms. The Balaban J connectivity index is 2.18. The molecule has 1 aromatic carbocycles. The second-order valence-electron chi connectivity index (χ2n) is 9.19. The molecule has 6 atom stereocenters. The third-order valence-corrected chi connectivity index (χ3v) is 6.06. The van der Waals surface area contributed by atoms with E-state index in [4.69, 9.17) is 5.73 Å². The van der Waals surface area contributed by atoms with Crippen LogP contribution in [0.25, 0.3) is 0 Å². The van der Waals surface area contributed by atoms with E-state index in [0.717, 1.165) is 0 Å². The number of amides is 3. The summed E-state index contributed by atoms with van der Waals surface area (Å²) in [6.45, 7) is 1.89. The lowest BCUT2D eigenvalue weighted by Gasteiger charge is -2.26. The number of benzene rings is 1. The molecule has 1 heterocycles. The number of aliphatic hydroxyl groups excluding tert-OH is 2. The summed E-state index contributed by atoms with van der Waals surface area (Å²) in [4.78, 5) is 50.4. The molecule has 3 amide bonds. The van der Waals surface area contributed by atoms with Crippen molar-refractivity contribution in [1.29, 1.82) is 0 Å². The maximum absolute atomic E-state index is 13.1. The van der Waals surface area contributed by atoms with E-state index in [1.165, 1.54) is 19.1 Å². The van der Waals surface area contributed by atoms with Gasteiger partial charge in [0, 0.05) is 13.0 Å². The van der Waals surface area contributed by atoms with Crippen molar-refractivity contribution in [3.8, 4) is 5.75 Å². The van der Waals surface area contributed by atoms with Crippen molar-refractivity contribution in [3.63, 3.8) is 0 Å². The van der Waals surface area contributed by atoms with Crippen LogP contribution in [0.3, 0.4) is 0 Å². The molecular formula is C24H37N5O8. The fourth-order valence-corrected chi connectivity index (χ4v) is 3.94. The topological polar surface area (TPSA) is 223 Å². The first-order valence-electron chi connectivity index (χ1n) is 12.2. The number of aliphatic hydroxyl groups is 2. The summed E-state index contributed by atoms with van der Waals surface area (Å²) >= 11 is 0. The van der Waals surface area contributed by atoms with Crippen LogP contribution in [0.4, 0.5) is 0 Å². The number of nitrogens with one attached hydrogen (secondary N) is 4.